The molecule has 2 nitrogen and oxygen atoms in total. The third kappa shape index (κ3) is 7.23. The number of halogens is 21. The van der Waals surface area contributed by atoms with E-state index >= 15 is 0 Å². The summed E-state index contributed by atoms with van der Waals surface area (Å²) >= 11 is 80.7. The molecule has 0 heterocycles. The molecule has 0 bridgehead atoms. The molecule has 0 amide bonds. The maximum atomic E-state index is 13.9. The fraction of sp³-hybridized carbons (Fsp3) is 0.0952. The summed E-state index contributed by atoms with van der Waals surface area (Å²) in [6.07, 6.45) is 0. The summed E-state index contributed by atoms with van der Waals surface area (Å²) in [5, 5.41) is -2.73. The summed E-state index contributed by atoms with van der Waals surface area (Å²) in [7, 11) is 0. The van der Waals surface area contributed by atoms with Gasteiger partial charge in [0.05, 0.1) is 0 Å². The zero-order valence-electron chi connectivity index (χ0n) is 19.7. The summed E-state index contributed by atoms with van der Waals surface area (Å²) in [4.78, 5) is 13.9. The fourth-order valence-electron chi connectivity index (χ4n) is 4.08. The van der Waals surface area contributed by atoms with E-state index in [-0.39, 0.29) is 0 Å². The Kier molecular flexibility index (Phi) is 18.0. The van der Waals surface area contributed by atoms with Gasteiger partial charge in [-0.05, 0) is 0 Å². The van der Waals surface area contributed by atoms with E-state index in [9.17, 15) is 4.79 Å². The van der Waals surface area contributed by atoms with Gasteiger partial charge in [0.1, 0.15) is 0 Å². The van der Waals surface area contributed by atoms with Crippen LogP contribution in [0.4, 0.5) is 0 Å². The first kappa shape index (κ1) is 47.0. The molecule has 0 atom stereocenters. The Hall–Kier alpha value is 7.64. The van der Waals surface area contributed by atoms with Crippen LogP contribution in [0.15, 0.2) is 67.1 Å². The van der Waals surface area contributed by atoms with Crippen molar-refractivity contribution in [1.82, 2.24) is 0 Å². The fourth-order valence-corrected chi connectivity index (χ4v) is 41.7. The van der Waals surface area contributed by atoms with Gasteiger partial charge in [-0.2, -0.15) is 0 Å². The average Bonchev–Trinajstić information content (AvgIpc) is 2.98. The second-order valence-corrected chi connectivity index (χ2v) is 36.9. The van der Waals surface area contributed by atoms with Crippen LogP contribution in [0.2, 0.25) is 0 Å². The number of alkyl halides is 4. The van der Waals surface area contributed by atoms with Crippen molar-refractivity contribution in [3.8, 4) is 0 Å². The van der Waals surface area contributed by atoms with E-state index in [4.69, 9.17) is 3.83 Å². The number of rotatable bonds is 6. The molecular weight excluding hydrogens is 1990 g/mol. The molecule has 45 heavy (non-hydrogen) atoms. The molecule has 0 saturated carbocycles. The van der Waals surface area contributed by atoms with Gasteiger partial charge in [-0.15, -0.1) is 0 Å². The van der Waals surface area contributed by atoms with Crippen molar-refractivity contribution in [3.05, 3.63) is 67.1 Å². The van der Waals surface area contributed by atoms with Gasteiger partial charge in [-0.1, -0.05) is 0 Å². The van der Waals surface area contributed by atoms with E-state index in [0.29, 0.717) is 69.6 Å². The molecule has 0 fully saturated rings. The van der Waals surface area contributed by atoms with E-state index in [1.54, 1.807) is 0 Å². The minimum absolute atomic E-state index is 0.633. The van der Waals surface area contributed by atoms with Gasteiger partial charge in [-0.3, -0.25) is 0 Å². The summed E-state index contributed by atoms with van der Waals surface area (Å²) < 4.78 is 12.0. The second kappa shape index (κ2) is 17.2. The third-order valence-electron chi connectivity index (χ3n) is 6.05. The first-order valence-corrected chi connectivity index (χ1v) is 30.2. The van der Waals surface area contributed by atoms with E-state index in [1.165, 1.54) is 0 Å². The van der Waals surface area contributed by atoms with Gasteiger partial charge < -0.3 is 0 Å². The quantitative estimate of drug-likeness (QED) is 0.106. The van der Waals surface area contributed by atoms with E-state index in [0.717, 1.165) is 13.4 Å². The van der Waals surface area contributed by atoms with Crippen LogP contribution in [-0.2, 0) is 8.62 Å². The Labute approximate surface area is 434 Å². The predicted octanol–water partition coefficient (Wildman–Crippen LogP) is 19.0. The van der Waals surface area contributed by atoms with Crippen molar-refractivity contribution < 1.29 is 8.62 Å². The Morgan fingerprint density at radius 1 is 0.422 bits per heavy atom. The summed E-state index contributed by atoms with van der Waals surface area (Å²) in [6.45, 7) is 0. The maximum absolute atomic E-state index is 13.9. The number of carbonyl (C=O) groups excluding carboxylic acids is 1. The normalized spacial score (nSPS) is 13.6. The molecular formula is C21Br21O2P. The van der Waals surface area contributed by atoms with Crippen LogP contribution in [0.1, 0.15) is 0 Å². The number of carbonyl (C=O) groups is 1. The molecule has 3 aromatic rings. The molecule has 3 rings (SSSR count). The van der Waals surface area contributed by atoms with E-state index in [2.05, 4.69) is 334 Å². The number of hydrogen-bond acceptors (Lipinski definition) is 2. The average molecular weight is 1990 g/mol. The SMILES string of the molecule is O=C(OBr)C(Br)(Br)C(Br)(Br)P(Br)(c1c(Br)c(Br)c(Br)c(Br)c1Br)(c1c(Br)c(Br)c(Br)c(Br)c1Br)c1c(Br)c(Br)c(Br)c(Br)c1Br. The number of benzene rings is 3. The molecule has 0 aliphatic carbocycles. The first-order chi connectivity index (χ1) is 20.3. The molecule has 248 valence electrons. The van der Waals surface area contributed by atoms with Crippen molar-refractivity contribution in [2.45, 2.75) is 6.21 Å². The van der Waals surface area contributed by atoms with E-state index < -0.39 is 17.5 Å². The summed E-state index contributed by atoms with van der Waals surface area (Å²) in [5.74, 6) is -0.725. The third-order valence-corrected chi connectivity index (χ3v) is 49.4. The Morgan fingerprint density at radius 3 is 0.778 bits per heavy atom. The van der Waals surface area contributed by atoms with Crippen LogP contribution < -0.4 is 15.9 Å². The van der Waals surface area contributed by atoms with Gasteiger partial charge in [0.2, 0.25) is 0 Å². The Morgan fingerprint density at radius 2 is 0.600 bits per heavy atom. The van der Waals surface area contributed by atoms with Crippen molar-refractivity contribution in [3.63, 3.8) is 0 Å². The van der Waals surface area contributed by atoms with Crippen LogP contribution in [-0.4, -0.2) is 12.2 Å². The molecule has 0 radical (unpaired) electrons. The zero-order valence-corrected chi connectivity index (χ0v) is 53.9. The van der Waals surface area contributed by atoms with Crippen LogP contribution in [0, 0.1) is 0 Å². The van der Waals surface area contributed by atoms with E-state index in [1.807, 2.05) is 0 Å². The monoisotopic (exact) mass is 1970 g/mol. The Bertz CT molecular complexity index is 1550. The predicted molar refractivity (Wildman–Crippen MR) is 266 cm³/mol. The molecule has 0 aliphatic rings. The van der Waals surface area contributed by atoms with Crippen LogP contribution in [0.25, 0.3) is 0 Å². The minimum atomic E-state index is -4.75. The first-order valence-electron chi connectivity index (χ1n) is 10.2. The molecule has 3 aromatic carbocycles. The molecule has 0 saturated heterocycles. The van der Waals surface area contributed by atoms with Crippen LogP contribution >= 0.6 is 340 Å². The molecule has 24 heteroatoms. The van der Waals surface area contributed by atoms with Crippen molar-refractivity contribution in [2.24, 2.45) is 0 Å². The summed E-state index contributed by atoms with van der Waals surface area (Å²) in [5.41, 5.74) is 0. The second-order valence-electron chi connectivity index (χ2n) is 8.24. The van der Waals surface area contributed by atoms with Crippen LogP contribution in [0.5, 0.6) is 0 Å². The van der Waals surface area contributed by atoms with Gasteiger partial charge in [-0.25, -0.2) is 0 Å². The molecule has 0 spiro atoms. The molecule has 0 aliphatic heterocycles. The molecule has 0 unspecified atom stereocenters. The van der Waals surface area contributed by atoms with Gasteiger partial charge in [0, 0.05) is 0 Å². The Balaban J connectivity index is 3.20. The van der Waals surface area contributed by atoms with Crippen molar-refractivity contribution >= 4 is 362 Å². The number of hydrogen-bond donors (Lipinski definition) is 0. The van der Waals surface area contributed by atoms with Crippen molar-refractivity contribution in [1.29, 1.82) is 0 Å². The standard InChI is InChI=1S/C21Br21O2P/c22-1-4(25)10(31)16(11(32)5(1)26)45(42,21(39,40)20(37,38)19(43)44-41,17-12(33)6(27)2(23)7(28)13(17)34)18-14(35)8(29)3(24)9(30)15(18)36. The molecule has 0 N–H and O–H groups in total. The zero-order chi connectivity index (χ0) is 35.1. The summed E-state index contributed by atoms with van der Waals surface area (Å²) in [6, 6.07) is 0. The van der Waals surface area contributed by atoms with Gasteiger partial charge in [0.25, 0.3) is 0 Å². The van der Waals surface area contributed by atoms with Gasteiger partial charge >= 0.3 is 444 Å². The van der Waals surface area contributed by atoms with Crippen molar-refractivity contribution in [2.75, 3.05) is 0 Å². The van der Waals surface area contributed by atoms with Gasteiger partial charge in [0.15, 0.2) is 0 Å². The molecule has 0 aromatic heterocycles. The van der Waals surface area contributed by atoms with Crippen LogP contribution in [0.3, 0.4) is 0 Å². The topological polar surface area (TPSA) is 26.3 Å².